The standard InChI is InChI=1S/C15H15N3O2/c16-11-2-1-3-12(9-11)18-15(20)7-4-10-8-13(19)5-6-14(10)17/h1-9,19H,16-17H2,(H,18,20). The zero-order valence-electron chi connectivity index (χ0n) is 10.7. The lowest BCUT2D eigenvalue weighted by atomic mass is 10.1. The number of phenolic OH excluding ortho intramolecular Hbond substituents is 1. The van der Waals surface area contributed by atoms with E-state index in [-0.39, 0.29) is 11.7 Å². The highest BCUT2D eigenvalue weighted by Crippen LogP contribution is 2.19. The number of hydrogen-bond acceptors (Lipinski definition) is 4. The van der Waals surface area contributed by atoms with Crippen LogP contribution in [0.5, 0.6) is 5.75 Å². The average Bonchev–Trinajstić information content (AvgIpc) is 2.40. The summed E-state index contributed by atoms with van der Waals surface area (Å²) in [6.07, 6.45) is 2.88. The first kappa shape index (κ1) is 13.5. The molecule has 0 spiro atoms. The molecule has 1 amide bonds. The van der Waals surface area contributed by atoms with Gasteiger partial charge in [0.15, 0.2) is 0 Å². The van der Waals surface area contributed by atoms with Gasteiger partial charge in [0.25, 0.3) is 0 Å². The van der Waals surface area contributed by atoms with Gasteiger partial charge in [-0.1, -0.05) is 6.07 Å². The number of nitrogen functional groups attached to an aromatic ring is 2. The van der Waals surface area contributed by atoms with Gasteiger partial charge >= 0.3 is 0 Å². The highest BCUT2D eigenvalue weighted by atomic mass is 16.3. The van der Waals surface area contributed by atoms with Gasteiger partial charge in [-0.05, 0) is 42.5 Å². The second-order valence-corrected chi connectivity index (χ2v) is 4.26. The number of aromatic hydroxyl groups is 1. The van der Waals surface area contributed by atoms with Crippen molar-refractivity contribution >= 4 is 29.0 Å². The van der Waals surface area contributed by atoms with Crippen LogP contribution in [-0.4, -0.2) is 11.0 Å². The van der Waals surface area contributed by atoms with E-state index in [1.807, 2.05) is 0 Å². The van der Waals surface area contributed by atoms with Gasteiger partial charge < -0.3 is 21.9 Å². The van der Waals surface area contributed by atoms with Gasteiger partial charge in [-0.15, -0.1) is 0 Å². The summed E-state index contributed by atoms with van der Waals surface area (Å²) in [5.74, 6) is -0.214. The molecule has 0 atom stereocenters. The fourth-order valence-electron chi connectivity index (χ4n) is 1.67. The molecule has 0 aliphatic rings. The van der Waals surface area contributed by atoms with Crippen LogP contribution in [0, 0.1) is 0 Å². The molecule has 5 nitrogen and oxygen atoms in total. The Balaban J connectivity index is 2.07. The topological polar surface area (TPSA) is 101 Å². The van der Waals surface area contributed by atoms with E-state index < -0.39 is 0 Å². The fraction of sp³-hybridized carbons (Fsp3) is 0. The Hall–Kier alpha value is -2.95. The first-order valence-electron chi connectivity index (χ1n) is 5.98. The van der Waals surface area contributed by atoms with E-state index in [9.17, 15) is 9.90 Å². The number of nitrogens with one attached hydrogen (secondary N) is 1. The Morgan fingerprint density at radius 2 is 1.95 bits per heavy atom. The third-order valence-electron chi connectivity index (χ3n) is 2.64. The van der Waals surface area contributed by atoms with E-state index in [1.165, 1.54) is 24.3 Å². The van der Waals surface area contributed by atoms with E-state index in [1.54, 1.807) is 30.3 Å². The molecule has 0 aromatic heterocycles. The number of nitrogens with two attached hydrogens (primary N) is 2. The summed E-state index contributed by atoms with van der Waals surface area (Å²) < 4.78 is 0. The van der Waals surface area contributed by atoms with Crippen molar-refractivity contribution in [2.24, 2.45) is 0 Å². The number of rotatable bonds is 3. The molecule has 2 aromatic carbocycles. The lowest BCUT2D eigenvalue weighted by Crippen LogP contribution is -2.07. The summed E-state index contributed by atoms with van der Waals surface area (Å²) in [5, 5.41) is 12.0. The van der Waals surface area contributed by atoms with Crippen molar-refractivity contribution in [1.82, 2.24) is 0 Å². The van der Waals surface area contributed by atoms with E-state index in [2.05, 4.69) is 5.32 Å². The van der Waals surface area contributed by atoms with Crippen LogP contribution >= 0.6 is 0 Å². The predicted octanol–water partition coefficient (Wildman–Crippen LogP) is 2.21. The minimum atomic E-state index is -0.307. The molecule has 6 N–H and O–H groups in total. The van der Waals surface area contributed by atoms with Crippen LogP contribution in [0.4, 0.5) is 17.1 Å². The molecule has 0 fully saturated rings. The molecule has 2 rings (SSSR count). The van der Waals surface area contributed by atoms with Gasteiger partial charge in [0.05, 0.1) is 0 Å². The summed E-state index contributed by atoms with van der Waals surface area (Å²) in [6, 6.07) is 11.4. The Morgan fingerprint density at radius 1 is 1.15 bits per heavy atom. The summed E-state index contributed by atoms with van der Waals surface area (Å²) in [4.78, 5) is 11.8. The molecule has 0 radical (unpaired) electrons. The van der Waals surface area contributed by atoms with Gasteiger partial charge in [-0.25, -0.2) is 0 Å². The second-order valence-electron chi connectivity index (χ2n) is 4.26. The number of benzene rings is 2. The number of carbonyl (C=O) groups is 1. The highest BCUT2D eigenvalue weighted by Gasteiger charge is 2.00. The molecule has 20 heavy (non-hydrogen) atoms. The zero-order valence-corrected chi connectivity index (χ0v) is 10.7. The van der Waals surface area contributed by atoms with Crippen LogP contribution in [0.2, 0.25) is 0 Å². The van der Waals surface area contributed by atoms with Gasteiger partial charge in [-0.2, -0.15) is 0 Å². The minimum absolute atomic E-state index is 0.0927. The molecule has 0 aliphatic carbocycles. The average molecular weight is 269 g/mol. The van der Waals surface area contributed by atoms with Crippen LogP contribution in [0.1, 0.15) is 5.56 Å². The SMILES string of the molecule is Nc1cccc(NC(=O)C=Cc2cc(O)ccc2N)c1. The maximum atomic E-state index is 11.8. The molecule has 0 bridgehead atoms. The van der Waals surface area contributed by atoms with Crippen molar-refractivity contribution in [3.63, 3.8) is 0 Å². The largest absolute Gasteiger partial charge is 0.508 e. The maximum Gasteiger partial charge on any atom is 0.248 e. The van der Waals surface area contributed by atoms with Crippen molar-refractivity contribution in [2.45, 2.75) is 0 Å². The van der Waals surface area contributed by atoms with E-state index in [4.69, 9.17) is 11.5 Å². The van der Waals surface area contributed by atoms with Crippen LogP contribution in [0.3, 0.4) is 0 Å². The van der Waals surface area contributed by atoms with Crippen LogP contribution in [0.25, 0.3) is 6.08 Å². The number of phenols is 1. The zero-order chi connectivity index (χ0) is 14.5. The first-order chi connectivity index (χ1) is 9.54. The van der Waals surface area contributed by atoms with Crippen molar-refractivity contribution in [3.05, 3.63) is 54.1 Å². The second kappa shape index (κ2) is 5.79. The number of carbonyl (C=O) groups excluding carboxylic acids is 1. The van der Waals surface area contributed by atoms with Crippen LogP contribution in [-0.2, 0) is 4.79 Å². The van der Waals surface area contributed by atoms with Crippen molar-refractivity contribution in [1.29, 1.82) is 0 Å². The highest BCUT2D eigenvalue weighted by molar-refractivity contribution is 6.02. The molecule has 2 aromatic rings. The van der Waals surface area contributed by atoms with E-state index in [0.29, 0.717) is 22.6 Å². The summed E-state index contributed by atoms with van der Waals surface area (Å²) in [6.45, 7) is 0. The summed E-state index contributed by atoms with van der Waals surface area (Å²) in [5.41, 5.74) is 13.6. The summed E-state index contributed by atoms with van der Waals surface area (Å²) in [7, 11) is 0. The normalized spacial score (nSPS) is 10.6. The fourth-order valence-corrected chi connectivity index (χ4v) is 1.67. The van der Waals surface area contributed by atoms with Gasteiger partial charge in [0, 0.05) is 28.7 Å². The molecule has 102 valence electrons. The van der Waals surface area contributed by atoms with E-state index in [0.717, 1.165) is 0 Å². The Bertz CT molecular complexity index is 666. The Labute approximate surface area is 116 Å². The van der Waals surface area contributed by atoms with E-state index >= 15 is 0 Å². The smallest absolute Gasteiger partial charge is 0.248 e. The van der Waals surface area contributed by atoms with Gasteiger partial charge in [0.2, 0.25) is 5.91 Å². The van der Waals surface area contributed by atoms with Crippen molar-refractivity contribution in [2.75, 3.05) is 16.8 Å². The van der Waals surface area contributed by atoms with Crippen molar-refractivity contribution in [3.8, 4) is 5.75 Å². The minimum Gasteiger partial charge on any atom is -0.508 e. The molecular formula is C15H15N3O2. The summed E-state index contributed by atoms with van der Waals surface area (Å²) >= 11 is 0. The Kier molecular flexibility index (Phi) is 3.91. The molecular weight excluding hydrogens is 254 g/mol. The predicted molar refractivity (Wildman–Crippen MR) is 81.0 cm³/mol. The quantitative estimate of drug-likeness (QED) is 0.390. The third-order valence-corrected chi connectivity index (χ3v) is 2.64. The lowest BCUT2D eigenvalue weighted by molar-refractivity contribution is -0.111. The van der Waals surface area contributed by atoms with Gasteiger partial charge in [0.1, 0.15) is 5.75 Å². The monoisotopic (exact) mass is 269 g/mol. The Morgan fingerprint density at radius 3 is 2.70 bits per heavy atom. The van der Waals surface area contributed by atoms with Crippen molar-refractivity contribution < 1.29 is 9.90 Å². The molecule has 0 aliphatic heterocycles. The number of anilines is 3. The molecule has 0 unspecified atom stereocenters. The van der Waals surface area contributed by atoms with Crippen LogP contribution < -0.4 is 16.8 Å². The lowest BCUT2D eigenvalue weighted by Gasteiger charge is -2.03. The molecule has 0 heterocycles. The molecule has 5 heteroatoms. The molecule has 0 saturated heterocycles. The third kappa shape index (κ3) is 3.52. The number of hydrogen-bond donors (Lipinski definition) is 4. The number of amides is 1. The van der Waals surface area contributed by atoms with Gasteiger partial charge in [-0.3, -0.25) is 4.79 Å². The first-order valence-corrected chi connectivity index (χ1v) is 5.98. The van der Waals surface area contributed by atoms with Crippen LogP contribution in [0.15, 0.2) is 48.5 Å². The molecule has 0 saturated carbocycles. The maximum absolute atomic E-state index is 11.8.